The predicted molar refractivity (Wildman–Crippen MR) is 76.2 cm³/mol. The van der Waals surface area contributed by atoms with Crippen molar-refractivity contribution >= 4 is 34.7 Å². The molecular formula is C11H17N3S2. The van der Waals surface area contributed by atoms with Crippen molar-refractivity contribution in [2.24, 2.45) is 5.73 Å². The zero-order valence-electron chi connectivity index (χ0n) is 9.40. The lowest BCUT2D eigenvalue weighted by Crippen LogP contribution is -2.11. The molecule has 0 aliphatic carbocycles. The number of rotatable bonds is 7. The van der Waals surface area contributed by atoms with Gasteiger partial charge in [0.2, 0.25) is 0 Å². The van der Waals surface area contributed by atoms with Gasteiger partial charge in [-0.3, -0.25) is 4.98 Å². The van der Waals surface area contributed by atoms with Gasteiger partial charge in [0.05, 0.1) is 17.6 Å². The fourth-order valence-corrected chi connectivity index (χ4v) is 1.86. The van der Waals surface area contributed by atoms with Gasteiger partial charge in [0, 0.05) is 6.54 Å². The number of unbranched alkanes of at least 4 members (excludes halogenated alkanes) is 1. The first-order valence-electron chi connectivity index (χ1n) is 5.22. The average Bonchev–Trinajstić information content (AvgIpc) is 2.29. The first-order chi connectivity index (χ1) is 7.74. The number of pyridine rings is 1. The molecule has 0 bridgehead atoms. The van der Waals surface area contributed by atoms with Crippen LogP contribution in [0.1, 0.15) is 18.5 Å². The molecule has 1 aromatic rings. The third-order valence-corrected chi connectivity index (χ3v) is 3.03. The van der Waals surface area contributed by atoms with Crippen LogP contribution in [-0.4, -0.2) is 28.5 Å². The monoisotopic (exact) mass is 255 g/mol. The number of nitrogens with zero attached hydrogens (tertiary/aromatic N) is 1. The molecule has 88 valence electrons. The van der Waals surface area contributed by atoms with Gasteiger partial charge in [-0.1, -0.05) is 12.2 Å². The molecule has 5 heteroatoms. The molecule has 0 spiro atoms. The highest BCUT2D eigenvalue weighted by molar-refractivity contribution is 7.98. The summed E-state index contributed by atoms with van der Waals surface area (Å²) in [6.07, 6.45) is 6.32. The summed E-state index contributed by atoms with van der Waals surface area (Å²) < 4.78 is 0. The zero-order chi connectivity index (χ0) is 11.8. The molecule has 0 aliphatic rings. The molecule has 0 saturated carbocycles. The van der Waals surface area contributed by atoms with Crippen molar-refractivity contribution in [3.05, 3.63) is 24.0 Å². The van der Waals surface area contributed by atoms with E-state index in [-0.39, 0.29) is 0 Å². The van der Waals surface area contributed by atoms with Crippen LogP contribution in [0.25, 0.3) is 0 Å². The second-order valence-electron chi connectivity index (χ2n) is 3.42. The van der Waals surface area contributed by atoms with Gasteiger partial charge in [0.25, 0.3) is 0 Å². The smallest absolute Gasteiger partial charge is 0.122 e. The van der Waals surface area contributed by atoms with Crippen molar-refractivity contribution in [3.63, 3.8) is 0 Å². The number of hydrogen-bond donors (Lipinski definition) is 2. The molecular weight excluding hydrogens is 238 g/mol. The third-order valence-electron chi connectivity index (χ3n) is 2.12. The molecule has 0 unspecified atom stereocenters. The van der Waals surface area contributed by atoms with Gasteiger partial charge in [-0.25, -0.2) is 0 Å². The summed E-state index contributed by atoms with van der Waals surface area (Å²) in [7, 11) is 0. The molecule has 0 aromatic carbocycles. The molecule has 0 saturated heterocycles. The lowest BCUT2D eigenvalue weighted by molar-refractivity contribution is 0.843. The summed E-state index contributed by atoms with van der Waals surface area (Å²) in [4.78, 5) is 4.50. The summed E-state index contributed by atoms with van der Waals surface area (Å²) in [6, 6.07) is 3.79. The largest absolute Gasteiger partial charge is 0.388 e. The van der Waals surface area contributed by atoms with Crippen molar-refractivity contribution in [1.82, 2.24) is 4.98 Å². The van der Waals surface area contributed by atoms with Gasteiger partial charge in [-0.2, -0.15) is 11.8 Å². The van der Waals surface area contributed by atoms with Gasteiger partial charge >= 0.3 is 0 Å². The minimum atomic E-state index is 0.339. The van der Waals surface area contributed by atoms with Crippen LogP contribution in [0.4, 0.5) is 5.69 Å². The van der Waals surface area contributed by atoms with E-state index in [0.717, 1.165) is 12.2 Å². The van der Waals surface area contributed by atoms with Crippen molar-refractivity contribution < 1.29 is 0 Å². The van der Waals surface area contributed by atoms with Crippen molar-refractivity contribution in [3.8, 4) is 0 Å². The molecule has 3 nitrogen and oxygen atoms in total. The molecule has 3 N–H and O–H groups in total. The van der Waals surface area contributed by atoms with Gasteiger partial charge in [-0.15, -0.1) is 0 Å². The molecule has 0 radical (unpaired) electrons. The van der Waals surface area contributed by atoms with Crippen LogP contribution >= 0.6 is 24.0 Å². The molecule has 16 heavy (non-hydrogen) atoms. The number of aromatic nitrogens is 1. The summed E-state index contributed by atoms with van der Waals surface area (Å²) in [6.45, 7) is 0.981. The SMILES string of the molecule is CSCCCCNc1ccc(C(N)=S)nc1. The lowest BCUT2D eigenvalue weighted by Gasteiger charge is -2.06. The van der Waals surface area contributed by atoms with Gasteiger partial charge in [0.1, 0.15) is 4.99 Å². The van der Waals surface area contributed by atoms with Crippen LogP contribution in [-0.2, 0) is 0 Å². The Morgan fingerprint density at radius 1 is 1.50 bits per heavy atom. The van der Waals surface area contributed by atoms with Crippen LogP contribution in [0, 0.1) is 0 Å². The number of hydrogen-bond acceptors (Lipinski definition) is 4. The maximum atomic E-state index is 5.47. The highest BCUT2D eigenvalue weighted by atomic mass is 32.2. The van der Waals surface area contributed by atoms with E-state index in [4.69, 9.17) is 18.0 Å². The Bertz CT molecular complexity index is 325. The Morgan fingerprint density at radius 3 is 2.88 bits per heavy atom. The fourth-order valence-electron chi connectivity index (χ4n) is 1.25. The summed E-state index contributed by atoms with van der Waals surface area (Å²) in [5.41, 5.74) is 7.15. The van der Waals surface area contributed by atoms with E-state index >= 15 is 0 Å². The summed E-state index contributed by atoms with van der Waals surface area (Å²) in [5.74, 6) is 1.22. The van der Waals surface area contributed by atoms with Crippen LogP contribution in [0.2, 0.25) is 0 Å². The van der Waals surface area contributed by atoms with E-state index in [0.29, 0.717) is 10.7 Å². The molecule has 0 aliphatic heterocycles. The normalized spacial score (nSPS) is 10.1. The minimum absolute atomic E-state index is 0.339. The first kappa shape index (κ1) is 13.3. The highest BCUT2D eigenvalue weighted by Crippen LogP contribution is 2.07. The van der Waals surface area contributed by atoms with Crippen LogP contribution in [0.15, 0.2) is 18.3 Å². The Hall–Kier alpha value is -0.810. The van der Waals surface area contributed by atoms with Gasteiger partial charge in [0.15, 0.2) is 0 Å². The molecule has 0 amide bonds. The van der Waals surface area contributed by atoms with Crippen molar-refractivity contribution in [2.45, 2.75) is 12.8 Å². The Labute approximate surface area is 106 Å². The van der Waals surface area contributed by atoms with Crippen LogP contribution < -0.4 is 11.1 Å². The molecule has 0 fully saturated rings. The van der Waals surface area contributed by atoms with E-state index in [1.807, 2.05) is 23.9 Å². The number of thiocarbonyl (C=S) groups is 1. The van der Waals surface area contributed by atoms with E-state index in [9.17, 15) is 0 Å². The second kappa shape index (κ2) is 7.46. The number of anilines is 1. The second-order valence-corrected chi connectivity index (χ2v) is 4.85. The molecule has 1 heterocycles. The number of nitrogens with two attached hydrogens (primary N) is 1. The lowest BCUT2D eigenvalue weighted by atomic mass is 10.3. The average molecular weight is 255 g/mol. The Morgan fingerprint density at radius 2 is 2.31 bits per heavy atom. The Balaban J connectivity index is 2.29. The molecule has 1 aromatic heterocycles. The minimum Gasteiger partial charge on any atom is -0.388 e. The number of thioether (sulfide) groups is 1. The third kappa shape index (κ3) is 4.81. The first-order valence-corrected chi connectivity index (χ1v) is 7.03. The maximum absolute atomic E-state index is 5.47. The van der Waals surface area contributed by atoms with Crippen molar-refractivity contribution in [1.29, 1.82) is 0 Å². The zero-order valence-corrected chi connectivity index (χ0v) is 11.0. The quantitative estimate of drug-likeness (QED) is 0.578. The van der Waals surface area contributed by atoms with E-state index < -0.39 is 0 Å². The molecule has 0 atom stereocenters. The van der Waals surface area contributed by atoms with Crippen LogP contribution in [0.3, 0.4) is 0 Å². The predicted octanol–water partition coefficient (Wildman–Crippen LogP) is 2.27. The molecule has 1 rings (SSSR count). The van der Waals surface area contributed by atoms with Crippen molar-refractivity contribution in [2.75, 3.05) is 23.9 Å². The van der Waals surface area contributed by atoms with Crippen LogP contribution in [0.5, 0.6) is 0 Å². The van der Waals surface area contributed by atoms with E-state index in [1.54, 1.807) is 6.20 Å². The highest BCUT2D eigenvalue weighted by Gasteiger charge is 1.97. The topological polar surface area (TPSA) is 50.9 Å². The standard InChI is InChI=1S/C11H17N3S2/c1-16-7-3-2-6-13-9-4-5-10(11(12)15)14-8-9/h4-5,8,13H,2-3,6-7H2,1H3,(H2,12,15). The van der Waals surface area contributed by atoms with Gasteiger partial charge < -0.3 is 11.1 Å². The maximum Gasteiger partial charge on any atom is 0.122 e. The fraction of sp³-hybridized carbons (Fsp3) is 0.455. The van der Waals surface area contributed by atoms with E-state index in [2.05, 4.69) is 16.6 Å². The van der Waals surface area contributed by atoms with E-state index in [1.165, 1.54) is 18.6 Å². The summed E-state index contributed by atoms with van der Waals surface area (Å²) >= 11 is 6.72. The summed E-state index contributed by atoms with van der Waals surface area (Å²) in [5, 5.41) is 3.31. The van der Waals surface area contributed by atoms with Gasteiger partial charge in [-0.05, 0) is 37.0 Å². The number of nitrogens with one attached hydrogen (secondary N) is 1. The Kier molecular flexibility index (Phi) is 6.18.